The Hall–Kier alpha value is -3.88. The Balaban J connectivity index is 1.59. The average molecular weight is 476 g/mol. The number of hydrogen-bond acceptors (Lipinski definition) is 5. The molecule has 2 aromatic carbocycles. The second-order valence-electron chi connectivity index (χ2n) is 7.73. The first kappa shape index (κ1) is 23.3. The summed E-state index contributed by atoms with van der Waals surface area (Å²) in [4.78, 5) is 18.6. The molecule has 4 aromatic rings. The quantitative estimate of drug-likeness (QED) is 0.293. The van der Waals surface area contributed by atoms with Crippen LogP contribution in [0.3, 0.4) is 0 Å². The number of aromatic hydroxyl groups is 1. The number of nitrogens with one attached hydrogen (secondary N) is 1. The minimum atomic E-state index is -0.565. The Morgan fingerprint density at radius 2 is 1.97 bits per heavy atom. The van der Waals surface area contributed by atoms with Crippen LogP contribution >= 0.6 is 11.3 Å². The molecule has 0 radical (unpaired) electrons. The van der Waals surface area contributed by atoms with Crippen LogP contribution in [0, 0.1) is 5.82 Å². The number of thiophene rings is 1. The van der Waals surface area contributed by atoms with E-state index in [0.717, 1.165) is 16.0 Å². The van der Waals surface area contributed by atoms with E-state index in [4.69, 9.17) is 11.1 Å². The van der Waals surface area contributed by atoms with E-state index in [1.807, 2.05) is 12.1 Å². The summed E-state index contributed by atoms with van der Waals surface area (Å²) in [7, 11) is 0. The van der Waals surface area contributed by atoms with Crippen LogP contribution < -0.4 is 16.5 Å². The summed E-state index contributed by atoms with van der Waals surface area (Å²) < 4.78 is 13.6. The Morgan fingerprint density at radius 3 is 2.71 bits per heavy atom. The van der Waals surface area contributed by atoms with Gasteiger partial charge in [0.15, 0.2) is 5.71 Å². The van der Waals surface area contributed by atoms with E-state index in [-0.39, 0.29) is 30.4 Å². The number of aromatic nitrogens is 1. The summed E-state index contributed by atoms with van der Waals surface area (Å²) in [5.74, 6) is -0.593. The van der Waals surface area contributed by atoms with Crippen LogP contribution in [-0.2, 0) is 6.54 Å². The van der Waals surface area contributed by atoms with Crippen LogP contribution in [0.1, 0.15) is 38.8 Å². The monoisotopic (exact) mass is 475 g/mol. The van der Waals surface area contributed by atoms with Gasteiger partial charge in [0.1, 0.15) is 11.6 Å². The zero-order chi connectivity index (χ0) is 24.1. The maximum atomic E-state index is 13.6. The van der Waals surface area contributed by atoms with Gasteiger partial charge in [0, 0.05) is 29.4 Å². The van der Waals surface area contributed by atoms with Gasteiger partial charge in [-0.1, -0.05) is 24.3 Å². The molecule has 6 nitrogen and oxygen atoms in total. The summed E-state index contributed by atoms with van der Waals surface area (Å²) in [5, 5.41) is 19.8. The SMILES string of the molecule is NCc1cc(F)ccc1-c1ccc(C(=O)NC(CC(=[NH2+])c2cccnc2)c2ccccc2O)s1. The van der Waals surface area contributed by atoms with Crippen LogP contribution in [0.15, 0.2) is 79.1 Å². The Morgan fingerprint density at radius 1 is 1.15 bits per heavy atom. The number of nitrogens with two attached hydrogens (primary N) is 2. The second kappa shape index (κ2) is 10.4. The van der Waals surface area contributed by atoms with Gasteiger partial charge in [0.05, 0.1) is 22.9 Å². The molecule has 0 fully saturated rings. The third-order valence-electron chi connectivity index (χ3n) is 5.46. The van der Waals surface area contributed by atoms with Gasteiger partial charge in [0.25, 0.3) is 5.91 Å². The van der Waals surface area contributed by atoms with Gasteiger partial charge < -0.3 is 16.2 Å². The van der Waals surface area contributed by atoms with E-state index in [2.05, 4.69) is 10.3 Å². The third-order valence-corrected chi connectivity index (χ3v) is 6.57. The van der Waals surface area contributed by atoms with Gasteiger partial charge in [-0.25, -0.2) is 4.39 Å². The van der Waals surface area contributed by atoms with Crippen molar-refractivity contribution in [3.8, 4) is 16.2 Å². The number of nitrogens with zero attached hydrogens (tertiary/aromatic N) is 1. The predicted octanol–water partition coefficient (Wildman–Crippen LogP) is 3.22. The smallest absolute Gasteiger partial charge is 0.261 e. The highest BCUT2D eigenvalue weighted by Crippen LogP contribution is 2.32. The Bertz CT molecular complexity index is 1320. The fraction of sp³-hybridized carbons (Fsp3) is 0.115. The number of carbonyl (C=O) groups is 1. The van der Waals surface area contributed by atoms with Crippen molar-refractivity contribution in [1.29, 1.82) is 0 Å². The summed E-state index contributed by atoms with van der Waals surface area (Å²) in [6.07, 6.45) is 3.59. The lowest BCUT2D eigenvalue weighted by Crippen LogP contribution is -2.43. The fourth-order valence-electron chi connectivity index (χ4n) is 3.72. The normalized spacial score (nSPS) is 11.7. The van der Waals surface area contributed by atoms with Crippen molar-refractivity contribution in [3.05, 3.63) is 107 Å². The Labute approximate surface area is 200 Å². The molecule has 1 amide bonds. The molecule has 0 saturated heterocycles. The molecule has 34 heavy (non-hydrogen) atoms. The standard InChI is InChI=1S/C26H23FN4O2S/c27-18-7-8-19(17(12-18)14-28)24-9-10-25(34-24)26(33)31-22(20-5-1-2-6-23(20)32)13-21(29)16-4-3-11-30-15-16/h1-12,15,22,29,32H,13-14,28H2,(H,31,33)/p+1. The number of pyridine rings is 1. The van der Waals surface area contributed by atoms with Gasteiger partial charge in [0.2, 0.25) is 0 Å². The number of phenols is 1. The van der Waals surface area contributed by atoms with Crippen LogP contribution in [0.25, 0.3) is 10.4 Å². The van der Waals surface area contributed by atoms with E-state index < -0.39 is 6.04 Å². The van der Waals surface area contributed by atoms with E-state index in [9.17, 15) is 14.3 Å². The zero-order valence-electron chi connectivity index (χ0n) is 18.2. The van der Waals surface area contributed by atoms with Crippen LogP contribution in [0.2, 0.25) is 0 Å². The fourth-order valence-corrected chi connectivity index (χ4v) is 4.69. The van der Waals surface area contributed by atoms with E-state index >= 15 is 0 Å². The van der Waals surface area contributed by atoms with Crippen molar-refractivity contribution < 1.29 is 19.7 Å². The molecule has 8 heteroatoms. The number of rotatable bonds is 8. The third kappa shape index (κ3) is 5.19. The lowest BCUT2D eigenvalue weighted by Gasteiger charge is -2.19. The van der Waals surface area contributed by atoms with E-state index in [1.54, 1.807) is 54.9 Å². The van der Waals surface area contributed by atoms with Crippen molar-refractivity contribution in [2.45, 2.75) is 19.0 Å². The zero-order valence-corrected chi connectivity index (χ0v) is 19.1. The molecular weight excluding hydrogens is 451 g/mol. The first-order valence-corrected chi connectivity index (χ1v) is 11.5. The molecule has 0 saturated carbocycles. The minimum Gasteiger partial charge on any atom is -0.508 e. The highest BCUT2D eigenvalue weighted by Gasteiger charge is 2.24. The molecule has 4 rings (SSSR count). The molecule has 0 bridgehead atoms. The largest absolute Gasteiger partial charge is 0.508 e. The lowest BCUT2D eigenvalue weighted by molar-refractivity contribution is -0.115. The number of para-hydroxylation sites is 1. The number of hydrogen-bond donors (Lipinski definition) is 4. The molecule has 0 aliphatic rings. The first-order chi connectivity index (χ1) is 16.5. The van der Waals surface area contributed by atoms with Gasteiger partial charge in [-0.3, -0.25) is 15.2 Å². The van der Waals surface area contributed by atoms with E-state index in [0.29, 0.717) is 21.7 Å². The second-order valence-corrected chi connectivity index (χ2v) is 8.81. The molecule has 0 aliphatic heterocycles. The highest BCUT2D eigenvalue weighted by atomic mass is 32.1. The van der Waals surface area contributed by atoms with Gasteiger partial charge >= 0.3 is 0 Å². The van der Waals surface area contributed by atoms with Crippen LogP contribution in [0.4, 0.5) is 4.39 Å². The topological polar surface area (TPSA) is 114 Å². The summed E-state index contributed by atoms with van der Waals surface area (Å²) in [6, 6.07) is 17.9. The minimum absolute atomic E-state index is 0.0672. The van der Waals surface area contributed by atoms with Crippen molar-refractivity contribution in [1.82, 2.24) is 10.3 Å². The van der Waals surface area contributed by atoms with Crippen molar-refractivity contribution in [3.63, 3.8) is 0 Å². The highest BCUT2D eigenvalue weighted by molar-refractivity contribution is 7.17. The van der Waals surface area contributed by atoms with Crippen molar-refractivity contribution in [2.75, 3.05) is 0 Å². The number of benzene rings is 2. The molecule has 6 N–H and O–H groups in total. The summed E-state index contributed by atoms with van der Waals surface area (Å²) in [6.45, 7) is 0.186. The van der Waals surface area contributed by atoms with Crippen molar-refractivity contribution in [2.24, 2.45) is 5.73 Å². The molecule has 172 valence electrons. The number of halogens is 1. The van der Waals surface area contributed by atoms with Crippen LogP contribution in [0.5, 0.6) is 5.75 Å². The van der Waals surface area contributed by atoms with Crippen molar-refractivity contribution >= 4 is 23.0 Å². The number of carbonyl (C=O) groups excluding carboxylic acids is 1. The lowest BCUT2D eigenvalue weighted by atomic mass is 9.97. The number of amides is 1. The first-order valence-electron chi connectivity index (χ1n) is 10.7. The molecule has 0 spiro atoms. The van der Waals surface area contributed by atoms with E-state index in [1.165, 1.54) is 23.5 Å². The molecule has 1 atom stereocenters. The molecular formula is C26H24FN4O2S+. The number of phenolic OH excluding ortho intramolecular Hbond substituents is 1. The summed E-state index contributed by atoms with van der Waals surface area (Å²) >= 11 is 1.29. The van der Waals surface area contributed by atoms with Gasteiger partial charge in [-0.15, -0.1) is 11.3 Å². The predicted molar refractivity (Wildman–Crippen MR) is 131 cm³/mol. The molecule has 1 unspecified atom stereocenters. The maximum Gasteiger partial charge on any atom is 0.261 e. The average Bonchev–Trinajstić information content (AvgIpc) is 3.34. The summed E-state index contributed by atoms with van der Waals surface area (Å²) in [5.41, 5.74) is 9.08. The molecule has 2 aromatic heterocycles. The molecule has 2 heterocycles. The maximum absolute atomic E-state index is 13.6. The Kier molecular flexibility index (Phi) is 7.10. The van der Waals surface area contributed by atoms with Gasteiger partial charge in [-0.2, -0.15) is 0 Å². The van der Waals surface area contributed by atoms with Crippen LogP contribution in [-0.4, -0.2) is 21.7 Å². The molecule has 0 aliphatic carbocycles. The van der Waals surface area contributed by atoms with Gasteiger partial charge in [-0.05, 0) is 53.6 Å².